The number of aromatic hydroxyl groups is 1. The lowest BCUT2D eigenvalue weighted by Gasteiger charge is -2.35. The maximum atomic E-state index is 10.6. The zero-order valence-electron chi connectivity index (χ0n) is 24.4. The Morgan fingerprint density at radius 3 is 2.42 bits per heavy atom. The van der Waals surface area contributed by atoms with Crippen LogP contribution in [0.25, 0.3) is 11.0 Å². The van der Waals surface area contributed by atoms with E-state index < -0.39 is 0 Å². The van der Waals surface area contributed by atoms with E-state index >= 15 is 0 Å². The highest BCUT2D eigenvalue weighted by Crippen LogP contribution is 2.26. The van der Waals surface area contributed by atoms with E-state index in [1.807, 2.05) is 13.0 Å². The van der Waals surface area contributed by atoms with E-state index in [4.69, 9.17) is 9.72 Å². The van der Waals surface area contributed by atoms with E-state index in [2.05, 4.69) is 89.2 Å². The fourth-order valence-corrected chi connectivity index (χ4v) is 5.69. The fraction of sp³-hybridized carbons (Fsp3) is 0.438. The van der Waals surface area contributed by atoms with Gasteiger partial charge in [-0.05, 0) is 94.1 Å². The van der Waals surface area contributed by atoms with Crippen LogP contribution >= 0.6 is 0 Å². The second-order valence-electron chi connectivity index (χ2n) is 11.3. The van der Waals surface area contributed by atoms with Crippen molar-refractivity contribution in [1.29, 1.82) is 0 Å². The van der Waals surface area contributed by atoms with Crippen molar-refractivity contribution >= 4 is 22.7 Å². The van der Waals surface area contributed by atoms with E-state index in [1.165, 1.54) is 11.1 Å². The second kappa shape index (κ2) is 12.3. The number of nitrogens with one attached hydrogen (secondary N) is 2. The molecule has 0 amide bonds. The van der Waals surface area contributed by atoms with Gasteiger partial charge in [0.2, 0.25) is 5.95 Å². The molecule has 5 rings (SSSR count). The van der Waals surface area contributed by atoms with Crippen molar-refractivity contribution in [2.24, 2.45) is 0 Å². The topological polar surface area (TPSA) is 87.5 Å². The summed E-state index contributed by atoms with van der Waals surface area (Å²) in [6, 6.07) is 16.5. The number of hydrogen-bond acceptors (Lipinski definition) is 7. The molecule has 4 aromatic rings. The number of imidazole rings is 1. The Hall–Kier alpha value is -3.62. The molecule has 2 atom stereocenters. The van der Waals surface area contributed by atoms with Gasteiger partial charge in [0.25, 0.3) is 0 Å². The van der Waals surface area contributed by atoms with E-state index in [1.54, 1.807) is 6.07 Å². The summed E-state index contributed by atoms with van der Waals surface area (Å²) in [5.41, 5.74) is 8.21. The number of pyridine rings is 1. The lowest BCUT2D eigenvalue weighted by Crippen LogP contribution is -2.45. The predicted octanol–water partition coefficient (Wildman–Crippen LogP) is 5.63. The van der Waals surface area contributed by atoms with Crippen LogP contribution in [0, 0.1) is 20.8 Å². The lowest BCUT2D eigenvalue weighted by atomic mass is 10.1. The Labute approximate surface area is 237 Å². The van der Waals surface area contributed by atoms with E-state index in [9.17, 15) is 5.11 Å². The van der Waals surface area contributed by atoms with Crippen LogP contribution < -0.4 is 10.6 Å². The fourth-order valence-electron chi connectivity index (χ4n) is 5.69. The molecule has 1 aliphatic heterocycles. The third-order valence-electron chi connectivity index (χ3n) is 7.36. The minimum absolute atomic E-state index is 0.196. The summed E-state index contributed by atoms with van der Waals surface area (Å²) >= 11 is 0. The molecule has 2 aromatic heterocycles. The minimum Gasteiger partial charge on any atom is -0.506 e. The van der Waals surface area contributed by atoms with E-state index in [-0.39, 0.29) is 18.0 Å². The zero-order chi connectivity index (χ0) is 28.2. The highest BCUT2D eigenvalue weighted by atomic mass is 16.5. The maximum absolute atomic E-state index is 10.6. The summed E-state index contributed by atoms with van der Waals surface area (Å²) in [5.74, 6) is 0.988. The normalized spacial score (nSPS) is 17.8. The second-order valence-corrected chi connectivity index (χ2v) is 11.3. The van der Waals surface area contributed by atoms with E-state index in [0.29, 0.717) is 18.8 Å². The van der Waals surface area contributed by atoms with Crippen LogP contribution in [-0.4, -0.2) is 62.9 Å². The molecule has 3 N–H and O–H groups in total. The molecule has 0 aliphatic carbocycles. The van der Waals surface area contributed by atoms with Crippen LogP contribution in [-0.2, 0) is 17.8 Å². The molecular formula is C32H42N6O2. The van der Waals surface area contributed by atoms with Gasteiger partial charge in [0, 0.05) is 44.1 Å². The number of rotatable bonds is 10. The molecule has 1 saturated heterocycles. The lowest BCUT2D eigenvalue weighted by molar-refractivity contribution is -0.0678. The first-order valence-corrected chi connectivity index (χ1v) is 14.3. The summed E-state index contributed by atoms with van der Waals surface area (Å²) in [4.78, 5) is 12.0. The van der Waals surface area contributed by atoms with Crippen LogP contribution in [0.3, 0.4) is 0 Å². The smallest absolute Gasteiger partial charge is 0.204 e. The van der Waals surface area contributed by atoms with Crippen molar-refractivity contribution < 1.29 is 9.84 Å². The quantitative estimate of drug-likeness (QED) is 0.224. The van der Waals surface area contributed by atoms with Gasteiger partial charge in [-0.25, -0.2) is 4.98 Å². The number of benzene rings is 2. The van der Waals surface area contributed by atoms with Crippen LogP contribution in [0.5, 0.6) is 5.75 Å². The average molecular weight is 543 g/mol. The first kappa shape index (κ1) is 27.9. The average Bonchev–Trinajstić information content (AvgIpc) is 3.23. The molecular weight excluding hydrogens is 500 g/mol. The summed E-state index contributed by atoms with van der Waals surface area (Å²) in [6.45, 7) is 15.4. The van der Waals surface area contributed by atoms with Gasteiger partial charge < -0.3 is 25.0 Å². The number of ether oxygens (including phenoxy) is 1. The molecule has 2 unspecified atom stereocenters. The number of hydrogen-bond donors (Lipinski definition) is 3. The van der Waals surface area contributed by atoms with Gasteiger partial charge in [0.15, 0.2) is 0 Å². The summed E-state index contributed by atoms with van der Waals surface area (Å²) < 4.78 is 8.01. The van der Waals surface area contributed by atoms with Crippen molar-refractivity contribution in [3.8, 4) is 5.75 Å². The number of aromatic nitrogens is 3. The molecule has 1 fully saturated rings. The van der Waals surface area contributed by atoms with Gasteiger partial charge in [-0.1, -0.05) is 12.1 Å². The van der Waals surface area contributed by atoms with E-state index in [0.717, 1.165) is 66.5 Å². The zero-order valence-corrected chi connectivity index (χ0v) is 24.4. The van der Waals surface area contributed by atoms with Crippen molar-refractivity contribution in [3.05, 3.63) is 76.6 Å². The van der Waals surface area contributed by atoms with Gasteiger partial charge >= 0.3 is 0 Å². The molecule has 2 aromatic carbocycles. The van der Waals surface area contributed by atoms with Gasteiger partial charge in [-0.2, -0.15) is 0 Å². The van der Waals surface area contributed by atoms with Gasteiger partial charge in [0.05, 0.1) is 29.8 Å². The Morgan fingerprint density at radius 2 is 1.68 bits per heavy atom. The monoisotopic (exact) mass is 542 g/mol. The number of fused-ring (bicyclic) bond motifs is 1. The van der Waals surface area contributed by atoms with Crippen LogP contribution in [0.15, 0.2) is 48.5 Å². The SMILES string of the molecule is Cc1cc(C)cc(NCc2ccc3nc(NCCCN4CC(C)OC(C)C4)n(Cc4nc(C)ccc4O)c3c2)c1. The van der Waals surface area contributed by atoms with Crippen LogP contribution in [0.1, 0.15) is 48.3 Å². The standard InChI is InChI=1S/C32H42N6O2/c1-21-13-22(2)15-27(14-21)34-17-26-8-9-28-30(16-26)38(20-29-31(39)10-7-23(3)35-29)32(36-28)33-11-6-12-37-18-24(4)40-25(5)19-37/h7-10,13-16,24-25,34,39H,6,11-12,17-20H2,1-5H3,(H,33,36). The van der Waals surface area contributed by atoms with Crippen molar-refractivity contribution in [1.82, 2.24) is 19.4 Å². The number of aryl methyl sites for hydroxylation is 3. The summed E-state index contributed by atoms with van der Waals surface area (Å²) in [6.07, 6.45) is 1.55. The molecule has 8 heteroatoms. The van der Waals surface area contributed by atoms with Crippen LogP contribution in [0.2, 0.25) is 0 Å². The third-order valence-corrected chi connectivity index (χ3v) is 7.36. The highest BCUT2D eigenvalue weighted by Gasteiger charge is 2.21. The molecule has 0 radical (unpaired) electrons. The molecule has 8 nitrogen and oxygen atoms in total. The van der Waals surface area contributed by atoms with Crippen molar-refractivity contribution in [2.45, 2.75) is 66.3 Å². The van der Waals surface area contributed by atoms with Gasteiger partial charge in [-0.3, -0.25) is 9.88 Å². The molecule has 212 valence electrons. The number of morpholine rings is 1. The third kappa shape index (κ3) is 6.92. The number of anilines is 2. The Kier molecular flexibility index (Phi) is 8.57. The first-order chi connectivity index (χ1) is 19.2. The Morgan fingerprint density at radius 1 is 0.925 bits per heavy atom. The predicted molar refractivity (Wildman–Crippen MR) is 162 cm³/mol. The summed E-state index contributed by atoms with van der Waals surface area (Å²) in [7, 11) is 0. The maximum Gasteiger partial charge on any atom is 0.204 e. The molecule has 3 heterocycles. The number of nitrogens with zero attached hydrogens (tertiary/aromatic N) is 4. The van der Waals surface area contributed by atoms with Crippen LogP contribution in [0.4, 0.5) is 11.6 Å². The molecule has 0 bridgehead atoms. The Balaban J connectivity index is 1.35. The van der Waals surface area contributed by atoms with Gasteiger partial charge in [-0.15, -0.1) is 0 Å². The van der Waals surface area contributed by atoms with Crippen molar-refractivity contribution in [2.75, 3.05) is 36.8 Å². The molecule has 0 spiro atoms. The van der Waals surface area contributed by atoms with Crippen molar-refractivity contribution in [3.63, 3.8) is 0 Å². The van der Waals surface area contributed by atoms with Gasteiger partial charge in [0.1, 0.15) is 11.4 Å². The highest BCUT2D eigenvalue weighted by molar-refractivity contribution is 5.80. The largest absolute Gasteiger partial charge is 0.506 e. The minimum atomic E-state index is 0.196. The summed E-state index contributed by atoms with van der Waals surface area (Å²) in [5, 5.41) is 17.7. The first-order valence-electron chi connectivity index (χ1n) is 14.3. The Bertz CT molecular complexity index is 1440. The molecule has 40 heavy (non-hydrogen) atoms. The molecule has 0 saturated carbocycles. The molecule has 1 aliphatic rings.